The number of fused-ring (bicyclic) bond motifs is 1. The van der Waals surface area contributed by atoms with Gasteiger partial charge in [0, 0.05) is 16.5 Å². The lowest BCUT2D eigenvalue weighted by Gasteiger charge is -2.30. The van der Waals surface area contributed by atoms with E-state index < -0.39 is 6.10 Å². The Hall–Kier alpha value is -1.72. The number of aliphatic hydroxyl groups excluding tert-OH is 1. The minimum Gasteiger partial charge on any atom is -0.504 e. The van der Waals surface area contributed by atoms with Gasteiger partial charge in [0.2, 0.25) is 0 Å². The highest BCUT2D eigenvalue weighted by Gasteiger charge is 2.28. The van der Waals surface area contributed by atoms with Gasteiger partial charge < -0.3 is 19.7 Å². The molecule has 4 nitrogen and oxygen atoms in total. The smallest absolute Gasteiger partial charge is 0.160 e. The lowest BCUT2D eigenvalue weighted by Crippen LogP contribution is -2.19. The third-order valence-corrected chi connectivity index (χ3v) is 4.11. The highest BCUT2D eigenvalue weighted by atomic mass is 79.9. The number of rotatable bonds is 2. The Bertz CT molecular complexity index is 671. The SMILES string of the molecule is COc1ccc(C2C[C@H](O)c3cc(Br)ccc3O2)cc1O. The van der Waals surface area contributed by atoms with Crippen LogP contribution in [0, 0.1) is 0 Å². The first-order valence-electron chi connectivity index (χ1n) is 6.59. The van der Waals surface area contributed by atoms with Gasteiger partial charge in [0.15, 0.2) is 11.5 Å². The number of ether oxygens (including phenoxy) is 2. The molecule has 2 aromatic carbocycles. The van der Waals surface area contributed by atoms with Crippen LogP contribution in [0.15, 0.2) is 40.9 Å². The second-order valence-corrected chi connectivity index (χ2v) is 5.89. The Morgan fingerprint density at radius 2 is 2.05 bits per heavy atom. The van der Waals surface area contributed by atoms with Crippen molar-refractivity contribution in [1.82, 2.24) is 0 Å². The van der Waals surface area contributed by atoms with Crippen molar-refractivity contribution in [2.45, 2.75) is 18.6 Å². The van der Waals surface area contributed by atoms with Crippen molar-refractivity contribution in [3.8, 4) is 17.2 Å². The monoisotopic (exact) mass is 350 g/mol. The third-order valence-electron chi connectivity index (χ3n) is 3.61. The minimum atomic E-state index is -0.597. The van der Waals surface area contributed by atoms with Crippen molar-refractivity contribution in [1.29, 1.82) is 0 Å². The molecule has 0 spiro atoms. The number of phenols is 1. The molecule has 0 aromatic heterocycles. The molecule has 3 rings (SSSR count). The van der Waals surface area contributed by atoms with Gasteiger partial charge in [-0.2, -0.15) is 0 Å². The second kappa shape index (κ2) is 5.58. The van der Waals surface area contributed by atoms with Gasteiger partial charge in [0.25, 0.3) is 0 Å². The lowest BCUT2D eigenvalue weighted by atomic mass is 9.95. The van der Waals surface area contributed by atoms with Crippen molar-refractivity contribution < 1.29 is 19.7 Å². The standard InChI is InChI=1S/C16H15BrO4/c1-20-15-4-2-9(6-13(15)19)16-8-12(18)11-7-10(17)3-5-14(11)21-16/h2-7,12,16,18-19H,8H2,1H3/t12-,16?/m0/s1. The highest BCUT2D eigenvalue weighted by Crippen LogP contribution is 2.43. The number of phenolic OH excluding ortho intramolecular Hbond substituents is 1. The molecule has 110 valence electrons. The quantitative estimate of drug-likeness (QED) is 0.866. The van der Waals surface area contributed by atoms with Gasteiger partial charge in [0.05, 0.1) is 13.2 Å². The number of benzene rings is 2. The molecule has 1 aliphatic rings. The van der Waals surface area contributed by atoms with Crippen LogP contribution in [0.3, 0.4) is 0 Å². The fourth-order valence-corrected chi connectivity index (χ4v) is 2.91. The van der Waals surface area contributed by atoms with Crippen molar-refractivity contribution in [3.63, 3.8) is 0 Å². The van der Waals surface area contributed by atoms with Gasteiger partial charge in [-0.3, -0.25) is 0 Å². The summed E-state index contributed by atoms with van der Waals surface area (Å²) >= 11 is 3.39. The van der Waals surface area contributed by atoms with Crippen LogP contribution in [-0.4, -0.2) is 17.3 Å². The maximum absolute atomic E-state index is 10.3. The zero-order chi connectivity index (χ0) is 15.0. The summed E-state index contributed by atoms with van der Waals surface area (Å²) in [5.74, 6) is 1.14. The average molecular weight is 351 g/mol. The molecule has 0 aliphatic carbocycles. The molecule has 0 radical (unpaired) electrons. The largest absolute Gasteiger partial charge is 0.504 e. The first-order chi connectivity index (χ1) is 10.1. The Balaban J connectivity index is 1.92. The predicted octanol–water partition coefficient (Wildman–Crippen LogP) is 3.72. The van der Waals surface area contributed by atoms with E-state index in [1.165, 1.54) is 7.11 Å². The Morgan fingerprint density at radius 3 is 2.76 bits per heavy atom. The molecule has 1 heterocycles. The van der Waals surface area contributed by atoms with Gasteiger partial charge in [-0.25, -0.2) is 0 Å². The second-order valence-electron chi connectivity index (χ2n) is 4.97. The summed E-state index contributed by atoms with van der Waals surface area (Å²) in [5, 5.41) is 20.2. The number of hydrogen-bond acceptors (Lipinski definition) is 4. The first kappa shape index (κ1) is 14.2. The molecule has 0 amide bonds. The number of aliphatic hydroxyl groups is 1. The highest BCUT2D eigenvalue weighted by molar-refractivity contribution is 9.10. The summed E-state index contributed by atoms with van der Waals surface area (Å²) in [6, 6.07) is 10.7. The van der Waals surface area contributed by atoms with E-state index in [2.05, 4.69) is 15.9 Å². The molecular formula is C16H15BrO4. The maximum atomic E-state index is 10.3. The van der Waals surface area contributed by atoms with E-state index in [1.54, 1.807) is 12.1 Å². The van der Waals surface area contributed by atoms with Gasteiger partial charge in [0.1, 0.15) is 11.9 Å². The van der Waals surface area contributed by atoms with Crippen molar-refractivity contribution >= 4 is 15.9 Å². The number of halogens is 1. The molecule has 21 heavy (non-hydrogen) atoms. The van der Waals surface area contributed by atoms with Gasteiger partial charge in [-0.1, -0.05) is 22.0 Å². The van der Waals surface area contributed by atoms with Crippen LogP contribution in [0.5, 0.6) is 17.2 Å². The summed E-state index contributed by atoms with van der Waals surface area (Å²) in [6.07, 6.45) is -0.458. The minimum absolute atomic E-state index is 0.0645. The summed E-state index contributed by atoms with van der Waals surface area (Å²) in [7, 11) is 1.50. The van der Waals surface area contributed by atoms with Crippen LogP contribution in [0.2, 0.25) is 0 Å². The topological polar surface area (TPSA) is 58.9 Å². The molecule has 2 aromatic rings. The first-order valence-corrected chi connectivity index (χ1v) is 7.39. The molecule has 0 bridgehead atoms. The fraction of sp³-hybridized carbons (Fsp3) is 0.250. The van der Waals surface area contributed by atoms with Gasteiger partial charge in [-0.15, -0.1) is 0 Å². The van der Waals surface area contributed by atoms with Crippen LogP contribution < -0.4 is 9.47 Å². The number of methoxy groups -OCH3 is 1. The Kier molecular flexibility index (Phi) is 3.78. The zero-order valence-electron chi connectivity index (χ0n) is 11.4. The van der Waals surface area contributed by atoms with Crippen molar-refractivity contribution in [2.75, 3.05) is 7.11 Å². The average Bonchev–Trinajstić information content (AvgIpc) is 2.47. The molecule has 0 fully saturated rings. The lowest BCUT2D eigenvalue weighted by molar-refractivity contribution is 0.0655. The predicted molar refractivity (Wildman–Crippen MR) is 81.7 cm³/mol. The van der Waals surface area contributed by atoms with Crippen LogP contribution >= 0.6 is 15.9 Å². The molecular weight excluding hydrogens is 336 g/mol. The van der Waals surface area contributed by atoms with E-state index >= 15 is 0 Å². The molecule has 1 unspecified atom stereocenters. The maximum Gasteiger partial charge on any atom is 0.160 e. The molecule has 2 atom stereocenters. The van der Waals surface area contributed by atoms with E-state index in [-0.39, 0.29) is 11.9 Å². The Labute approximate surface area is 131 Å². The van der Waals surface area contributed by atoms with Crippen LogP contribution in [0.1, 0.15) is 29.8 Å². The molecule has 0 saturated carbocycles. The van der Waals surface area contributed by atoms with Crippen LogP contribution in [0.25, 0.3) is 0 Å². The van der Waals surface area contributed by atoms with Crippen molar-refractivity contribution in [2.24, 2.45) is 0 Å². The molecule has 1 aliphatic heterocycles. The van der Waals surface area contributed by atoms with E-state index in [1.807, 2.05) is 24.3 Å². The van der Waals surface area contributed by atoms with E-state index in [4.69, 9.17) is 9.47 Å². The van der Waals surface area contributed by atoms with Crippen molar-refractivity contribution in [3.05, 3.63) is 52.0 Å². The molecule has 5 heteroatoms. The van der Waals surface area contributed by atoms with E-state index in [9.17, 15) is 10.2 Å². The van der Waals surface area contributed by atoms with Gasteiger partial charge in [-0.05, 0) is 35.9 Å². The van der Waals surface area contributed by atoms with E-state index in [0.717, 1.165) is 15.6 Å². The zero-order valence-corrected chi connectivity index (χ0v) is 13.0. The summed E-state index contributed by atoms with van der Waals surface area (Å²) < 4.78 is 11.9. The van der Waals surface area contributed by atoms with Crippen LogP contribution in [0.4, 0.5) is 0 Å². The van der Waals surface area contributed by atoms with Gasteiger partial charge >= 0.3 is 0 Å². The van der Waals surface area contributed by atoms with Crippen LogP contribution in [-0.2, 0) is 0 Å². The fourth-order valence-electron chi connectivity index (χ4n) is 2.53. The summed E-state index contributed by atoms with van der Waals surface area (Å²) in [6.45, 7) is 0. The normalized spacial score (nSPS) is 20.5. The van der Waals surface area contributed by atoms with E-state index in [0.29, 0.717) is 17.9 Å². The Morgan fingerprint density at radius 1 is 1.24 bits per heavy atom. The molecule has 0 saturated heterocycles. The third kappa shape index (κ3) is 2.71. The number of hydrogen-bond donors (Lipinski definition) is 2. The number of aromatic hydroxyl groups is 1. The molecule has 2 N–H and O–H groups in total. The summed E-state index contributed by atoms with van der Waals surface area (Å²) in [5.41, 5.74) is 1.58. The summed E-state index contributed by atoms with van der Waals surface area (Å²) in [4.78, 5) is 0.